The zero-order chi connectivity index (χ0) is 13.2. The van der Waals surface area contributed by atoms with Crippen molar-refractivity contribution in [1.29, 1.82) is 5.41 Å². The second kappa shape index (κ2) is 4.84. The van der Waals surface area contributed by atoms with Crippen molar-refractivity contribution in [2.75, 3.05) is 13.1 Å². The molecule has 0 atom stereocenters. The van der Waals surface area contributed by atoms with Gasteiger partial charge in [-0.15, -0.1) is 0 Å². The first-order valence-corrected chi connectivity index (χ1v) is 6.56. The fourth-order valence-electron chi connectivity index (χ4n) is 1.34. The minimum absolute atomic E-state index is 0.0133. The molecule has 0 saturated carbocycles. The quantitative estimate of drug-likeness (QED) is 0.558. The molecule has 1 aromatic rings. The zero-order valence-corrected chi connectivity index (χ0v) is 11.0. The number of nitrogens with zero attached hydrogens (tertiary/aromatic N) is 3. The molecule has 0 saturated heterocycles. The van der Waals surface area contributed by atoms with E-state index >= 15 is 0 Å². The van der Waals surface area contributed by atoms with Crippen LogP contribution in [0.15, 0.2) is 11.2 Å². The van der Waals surface area contributed by atoms with E-state index in [0.29, 0.717) is 5.82 Å². The van der Waals surface area contributed by atoms with Crippen molar-refractivity contribution in [2.24, 2.45) is 12.8 Å². The van der Waals surface area contributed by atoms with Crippen molar-refractivity contribution in [3.05, 3.63) is 12.0 Å². The molecule has 0 bridgehead atoms. The number of nitrogens with one attached hydrogen (secondary N) is 1. The number of sulfonamides is 1. The van der Waals surface area contributed by atoms with E-state index < -0.39 is 10.0 Å². The summed E-state index contributed by atoms with van der Waals surface area (Å²) < 4.78 is 27.1. The van der Waals surface area contributed by atoms with Crippen molar-refractivity contribution in [3.63, 3.8) is 0 Å². The molecule has 7 nitrogen and oxygen atoms in total. The molecule has 0 spiro atoms. The Morgan fingerprint density at radius 2 is 2.24 bits per heavy atom. The van der Waals surface area contributed by atoms with Crippen molar-refractivity contribution < 1.29 is 8.42 Å². The van der Waals surface area contributed by atoms with E-state index in [1.807, 2.05) is 0 Å². The van der Waals surface area contributed by atoms with Crippen LogP contribution in [0, 0.1) is 12.3 Å². The maximum Gasteiger partial charge on any atom is 0.262 e. The second-order valence-electron chi connectivity index (χ2n) is 3.69. The lowest BCUT2D eigenvalue weighted by molar-refractivity contribution is 0.463. The van der Waals surface area contributed by atoms with Crippen LogP contribution in [0.25, 0.3) is 0 Å². The fraction of sp³-hybridized carbons (Fsp3) is 0.556. The molecule has 1 heterocycles. The van der Waals surface area contributed by atoms with E-state index in [0.717, 1.165) is 4.31 Å². The number of aryl methyl sites for hydroxylation is 2. The topological polar surface area (TPSA) is 105 Å². The lowest BCUT2D eigenvalue weighted by Gasteiger charge is -2.17. The highest BCUT2D eigenvalue weighted by atomic mass is 32.2. The van der Waals surface area contributed by atoms with Gasteiger partial charge in [-0.2, -0.15) is 4.31 Å². The van der Waals surface area contributed by atoms with Crippen molar-refractivity contribution >= 4 is 15.9 Å². The average molecular weight is 259 g/mol. The Labute approximate surface area is 101 Å². The van der Waals surface area contributed by atoms with E-state index in [9.17, 15) is 8.42 Å². The standard InChI is InChI=1S/C9H17N5O2S/c1-4-14(5-8(10)11)17(15,16)9-6-13(3)7(2)12-9/h6H,4-5H2,1-3H3,(H3,10,11). The van der Waals surface area contributed by atoms with E-state index in [4.69, 9.17) is 11.1 Å². The first kappa shape index (κ1) is 13.7. The SMILES string of the molecule is CCN(CC(=N)N)S(=O)(=O)c1cn(C)c(C)n1. The molecule has 0 fully saturated rings. The molecule has 3 N–H and O–H groups in total. The highest BCUT2D eigenvalue weighted by Crippen LogP contribution is 2.13. The zero-order valence-electron chi connectivity index (χ0n) is 10.1. The summed E-state index contributed by atoms with van der Waals surface area (Å²) in [5.74, 6) is 0.422. The Kier molecular flexibility index (Phi) is 3.89. The first-order valence-electron chi connectivity index (χ1n) is 5.12. The highest BCUT2D eigenvalue weighted by Gasteiger charge is 2.26. The third kappa shape index (κ3) is 2.83. The van der Waals surface area contributed by atoms with Crippen LogP contribution in [0.1, 0.15) is 12.7 Å². The van der Waals surface area contributed by atoms with Gasteiger partial charge in [0.05, 0.1) is 6.54 Å². The molecule has 17 heavy (non-hydrogen) atoms. The normalized spacial score (nSPS) is 12.0. The van der Waals surface area contributed by atoms with Gasteiger partial charge in [-0.1, -0.05) is 6.92 Å². The molecular formula is C9H17N5O2S. The Morgan fingerprint density at radius 3 is 2.59 bits per heavy atom. The van der Waals surface area contributed by atoms with Gasteiger partial charge >= 0.3 is 0 Å². The molecular weight excluding hydrogens is 242 g/mol. The molecule has 96 valence electrons. The smallest absolute Gasteiger partial charge is 0.262 e. The van der Waals surface area contributed by atoms with Crippen LogP contribution in [0.4, 0.5) is 0 Å². The summed E-state index contributed by atoms with van der Waals surface area (Å²) in [5, 5.41) is 7.15. The third-order valence-corrected chi connectivity index (χ3v) is 4.18. The maximum absolute atomic E-state index is 12.2. The lowest BCUT2D eigenvalue weighted by Crippen LogP contribution is -2.38. The van der Waals surface area contributed by atoms with Gasteiger partial charge in [0.15, 0.2) is 5.03 Å². The Hall–Kier alpha value is -1.41. The molecule has 0 aliphatic carbocycles. The summed E-state index contributed by atoms with van der Waals surface area (Å²) in [6.45, 7) is 3.54. The molecule has 8 heteroatoms. The fourth-order valence-corrected chi connectivity index (χ4v) is 2.79. The minimum atomic E-state index is -3.67. The van der Waals surface area contributed by atoms with Gasteiger partial charge in [0.25, 0.3) is 10.0 Å². The number of rotatable bonds is 5. The van der Waals surface area contributed by atoms with Gasteiger partial charge < -0.3 is 10.3 Å². The second-order valence-corrected chi connectivity index (χ2v) is 5.58. The number of hydrogen-bond donors (Lipinski definition) is 2. The van der Waals surface area contributed by atoms with Crippen LogP contribution in [0.5, 0.6) is 0 Å². The summed E-state index contributed by atoms with van der Waals surface area (Å²) in [4.78, 5) is 3.98. The highest BCUT2D eigenvalue weighted by molar-refractivity contribution is 7.89. The number of hydrogen-bond acceptors (Lipinski definition) is 4. The van der Waals surface area contributed by atoms with Gasteiger partial charge in [0.2, 0.25) is 0 Å². The molecule has 0 radical (unpaired) electrons. The molecule has 0 amide bonds. The van der Waals surface area contributed by atoms with E-state index in [-0.39, 0.29) is 24.0 Å². The monoisotopic (exact) mass is 259 g/mol. The van der Waals surface area contributed by atoms with Gasteiger partial charge in [-0.25, -0.2) is 13.4 Å². The van der Waals surface area contributed by atoms with Gasteiger partial charge in [-0.3, -0.25) is 5.41 Å². The summed E-state index contributed by atoms with van der Waals surface area (Å²) in [6.07, 6.45) is 1.45. The number of nitrogens with two attached hydrogens (primary N) is 1. The van der Waals surface area contributed by atoms with Crippen molar-refractivity contribution in [1.82, 2.24) is 13.9 Å². The molecule has 0 aromatic carbocycles. The van der Waals surface area contributed by atoms with Gasteiger partial charge in [0.1, 0.15) is 11.7 Å². The molecule has 1 rings (SSSR count). The van der Waals surface area contributed by atoms with E-state index in [1.165, 1.54) is 6.20 Å². The summed E-state index contributed by atoms with van der Waals surface area (Å²) in [7, 11) is -1.94. The third-order valence-electron chi connectivity index (χ3n) is 2.39. The van der Waals surface area contributed by atoms with E-state index in [2.05, 4.69) is 4.98 Å². The number of amidine groups is 1. The predicted octanol–water partition coefficient (Wildman–Crippen LogP) is -0.325. The van der Waals surface area contributed by atoms with E-state index in [1.54, 1.807) is 25.5 Å². The average Bonchev–Trinajstić information content (AvgIpc) is 2.56. The molecule has 0 aliphatic rings. The molecule has 0 unspecified atom stereocenters. The predicted molar refractivity (Wildman–Crippen MR) is 64.3 cm³/mol. The number of aromatic nitrogens is 2. The van der Waals surface area contributed by atoms with Crippen LogP contribution >= 0.6 is 0 Å². The van der Waals surface area contributed by atoms with Crippen LogP contribution in [-0.4, -0.2) is 41.2 Å². The minimum Gasteiger partial charge on any atom is -0.387 e. The van der Waals surface area contributed by atoms with Crippen LogP contribution < -0.4 is 5.73 Å². The van der Waals surface area contributed by atoms with Gasteiger partial charge in [0, 0.05) is 19.8 Å². The summed E-state index contributed by atoms with van der Waals surface area (Å²) >= 11 is 0. The van der Waals surface area contributed by atoms with Crippen LogP contribution in [-0.2, 0) is 17.1 Å². The molecule has 1 aromatic heterocycles. The summed E-state index contributed by atoms with van der Waals surface area (Å²) in [5.41, 5.74) is 5.23. The molecule has 0 aliphatic heterocycles. The van der Waals surface area contributed by atoms with Crippen LogP contribution in [0.2, 0.25) is 0 Å². The lowest BCUT2D eigenvalue weighted by atomic mass is 10.6. The maximum atomic E-state index is 12.2. The van der Waals surface area contributed by atoms with Crippen molar-refractivity contribution in [3.8, 4) is 0 Å². The number of likely N-dealkylation sites (N-methyl/N-ethyl adjacent to an activating group) is 1. The largest absolute Gasteiger partial charge is 0.387 e. The Bertz CT molecular complexity index is 500. The Balaban J connectivity index is 3.12. The summed E-state index contributed by atoms with van der Waals surface area (Å²) in [6, 6.07) is 0. The number of imidazole rings is 1. The Morgan fingerprint density at radius 1 is 1.65 bits per heavy atom. The first-order chi connectivity index (χ1) is 7.78. The van der Waals surface area contributed by atoms with Crippen molar-refractivity contribution in [2.45, 2.75) is 18.9 Å². The van der Waals surface area contributed by atoms with Crippen LogP contribution in [0.3, 0.4) is 0 Å². The van der Waals surface area contributed by atoms with Gasteiger partial charge in [-0.05, 0) is 6.92 Å².